The fourth-order valence-electron chi connectivity index (χ4n) is 4.45. The number of rotatable bonds is 7. The van der Waals surface area contributed by atoms with Gasteiger partial charge in [-0.1, -0.05) is 6.07 Å². The molecule has 1 unspecified atom stereocenters. The molecule has 3 heterocycles. The number of esters is 1. The minimum atomic E-state index is -0.789. The van der Waals surface area contributed by atoms with Crippen molar-refractivity contribution in [1.29, 1.82) is 5.26 Å². The second-order valence-corrected chi connectivity index (χ2v) is 8.44. The Morgan fingerprint density at radius 1 is 1.18 bits per heavy atom. The fourth-order valence-corrected chi connectivity index (χ4v) is 4.45. The van der Waals surface area contributed by atoms with Gasteiger partial charge in [-0.15, -0.1) is 0 Å². The van der Waals surface area contributed by atoms with Crippen LogP contribution in [0.4, 0.5) is 0 Å². The van der Waals surface area contributed by atoms with Crippen LogP contribution in [0.5, 0.6) is 5.75 Å². The van der Waals surface area contributed by atoms with Crippen molar-refractivity contribution in [2.75, 3.05) is 46.4 Å². The number of β-amino-alcohol motifs (C(OH)–C–C–N with tert-alkyl or cyclic N) is 2. The molecule has 2 aliphatic heterocycles. The van der Waals surface area contributed by atoms with Gasteiger partial charge in [0.25, 0.3) is 0 Å². The molecule has 2 atom stereocenters. The molecule has 1 aromatic carbocycles. The number of nitrogens with zero attached hydrogens (tertiary/aromatic N) is 4. The number of aromatic nitrogens is 1. The maximum Gasteiger partial charge on any atom is 0.338 e. The van der Waals surface area contributed by atoms with E-state index in [0.717, 1.165) is 42.9 Å². The number of hydrogen-bond acceptors (Lipinski definition) is 9. The third-order valence-corrected chi connectivity index (χ3v) is 6.46. The summed E-state index contributed by atoms with van der Waals surface area (Å²) in [5, 5.41) is 30.5. The first-order chi connectivity index (χ1) is 15.9. The van der Waals surface area contributed by atoms with Crippen molar-refractivity contribution in [3.8, 4) is 11.8 Å². The standard InChI is InChI=1S/C24H28N4O5/c1-15-17(3-4-18-19(15)14-33-24(18)31)21(29)12-27-5-7-28(8-6-27)13-22(30)20-9-23(32-2)16(10-25)11-26-20/h3-4,9,11,21-22,29-30H,5-8,12-14H2,1-2H3/t21?,22-/m0/s1. The van der Waals surface area contributed by atoms with Gasteiger partial charge < -0.3 is 19.7 Å². The van der Waals surface area contributed by atoms with E-state index in [2.05, 4.69) is 14.8 Å². The molecular formula is C24H28N4O5. The van der Waals surface area contributed by atoms with Gasteiger partial charge in [-0.2, -0.15) is 5.26 Å². The SMILES string of the molecule is COc1cc([C@@H](O)CN2CCN(CC(O)c3ccc4c(c3C)COC4=O)CC2)ncc1C#N. The zero-order valence-electron chi connectivity index (χ0n) is 18.8. The molecule has 0 spiro atoms. The highest BCUT2D eigenvalue weighted by atomic mass is 16.5. The van der Waals surface area contributed by atoms with Crippen molar-refractivity contribution >= 4 is 5.97 Å². The van der Waals surface area contributed by atoms with Crippen molar-refractivity contribution in [3.05, 3.63) is 57.9 Å². The molecule has 0 radical (unpaired) electrons. The summed E-state index contributed by atoms with van der Waals surface area (Å²) in [4.78, 5) is 20.3. The molecule has 33 heavy (non-hydrogen) atoms. The van der Waals surface area contributed by atoms with E-state index in [1.165, 1.54) is 13.3 Å². The van der Waals surface area contributed by atoms with Gasteiger partial charge in [0.15, 0.2) is 0 Å². The molecule has 1 fully saturated rings. The average Bonchev–Trinajstić information content (AvgIpc) is 3.21. The van der Waals surface area contributed by atoms with E-state index < -0.39 is 12.2 Å². The zero-order chi connectivity index (χ0) is 23.5. The molecule has 4 rings (SSSR count). The molecule has 9 heteroatoms. The van der Waals surface area contributed by atoms with E-state index in [4.69, 9.17) is 14.7 Å². The predicted molar refractivity (Wildman–Crippen MR) is 119 cm³/mol. The van der Waals surface area contributed by atoms with Gasteiger partial charge in [-0.3, -0.25) is 14.8 Å². The lowest BCUT2D eigenvalue weighted by molar-refractivity contribution is 0.0470. The third-order valence-electron chi connectivity index (χ3n) is 6.46. The highest BCUT2D eigenvalue weighted by molar-refractivity contribution is 5.93. The van der Waals surface area contributed by atoms with Crippen molar-refractivity contribution in [2.24, 2.45) is 0 Å². The largest absolute Gasteiger partial charge is 0.495 e. The Morgan fingerprint density at radius 3 is 2.48 bits per heavy atom. The van der Waals surface area contributed by atoms with Crippen LogP contribution >= 0.6 is 0 Å². The van der Waals surface area contributed by atoms with E-state index in [1.54, 1.807) is 12.1 Å². The second-order valence-electron chi connectivity index (χ2n) is 8.44. The van der Waals surface area contributed by atoms with E-state index in [0.29, 0.717) is 35.7 Å². The summed E-state index contributed by atoms with van der Waals surface area (Å²) < 4.78 is 10.3. The molecule has 0 saturated carbocycles. The van der Waals surface area contributed by atoms with E-state index in [1.807, 2.05) is 19.1 Å². The first kappa shape index (κ1) is 23.1. The van der Waals surface area contributed by atoms with Crippen molar-refractivity contribution < 1.29 is 24.5 Å². The number of carbonyl (C=O) groups is 1. The van der Waals surface area contributed by atoms with Crippen molar-refractivity contribution in [3.63, 3.8) is 0 Å². The Kier molecular flexibility index (Phi) is 6.91. The van der Waals surface area contributed by atoms with E-state index in [9.17, 15) is 15.0 Å². The Balaban J connectivity index is 1.31. The molecule has 2 aromatic rings. The van der Waals surface area contributed by atoms with E-state index in [-0.39, 0.29) is 12.6 Å². The van der Waals surface area contributed by atoms with Gasteiger partial charge in [0.2, 0.25) is 0 Å². The maximum atomic E-state index is 11.7. The Hall–Kier alpha value is -3.03. The minimum absolute atomic E-state index is 0.265. The molecule has 1 saturated heterocycles. The highest BCUT2D eigenvalue weighted by Crippen LogP contribution is 2.29. The molecule has 174 valence electrons. The zero-order valence-corrected chi connectivity index (χ0v) is 18.8. The number of aliphatic hydroxyl groups is 2. The number of fused-ring (bicyclic) bond motifs is 1. The van der Waals surface area contributed by atoms with Crippen LogP contribution in [0.2, 0.25) is 0 Å². The van der Waals surface area contributed by atoms with Gasteiger partial charge in [-0.05, 0) is 24.1 Å². The molecule has 0 aliphatic carbocycles. The molecule has 9 nitrogen and oxygen atoms in total. The number of ether oxygens (including phenoxy) is 2. The van der Waals surface area contributed by atoms with Crippen LogP contribution in [0.3, 0.4) is 0 Å². The van der Waals surface area contributed by atoms with Gasteiger partial charge >= 0.3 is 5.97 Å². The number of piperazine rings is 1. The summed E-state index contributed by atoms with van der Waals surface area (Å²) in [7, 11) is 1.48. The van der Waals surface area contributed by atoms with Crippen LogP contribution in [0.25, 0.3) is 0 Å². The summed E-state index contributed by atoms with van der Waals surface area (Å²) in [5.41, 5.74) is 3.99. The highest BCUT2D eigenvalue weighted by Gasteiger charge is 2.27. The quantitative estimate of drug-likeness (QED) is 0.600. The monoisotopic (exact) mass is 452 g/mol. The van der Waals surface area contributed by atoms with E-state index >= 15 is 0 Å². The summed E-state index contributed by atoms with van der Waals surface area (Å²) in [5.74, 6) is 0.0974. The molecule has 0 amide bonds. The normalized spacial score (nSPS) is 18.3. The number of benzene rings is 1. The smallest absolute Gasteiger partial charge is 0.338 e. The molecule has 2 aliphatic rings. The van der Waals surface area contributed by atoms with Crippen LogP contribution in [0.1, 0.15) is 50.5 Å². The molecule has 1 aromatic heterocycles. The van der Waals surface area contributed by atoms with Crippen LogP contribution in [-0.4, -0.2) is 77.3 Å². The lowest BCUT2D eigenvalue weighted by Gasteiger charge is -2.36. The van der Waals surface area contributed by atoms with Crippen LogP contribution in [0.15, 0.2) is 24.4 Å². The number of methoxy groups -OCH3 is 1. The summed E-state index contributed by atoms with van der Waals surface area (Å²) in [6.07, 6.45) is -0.0269. The van der Waals surface area contributed by atoms with Crippen LogP contribution in [-0.2, 0) is 11.3 Å². The fraction of sp³-hybridized carbons (Fsp3) is 0.458. The Bertz CT molecular complexity index is 1080. The average molecular weight is 453 g/mol. The van der Waals surface area contributed by atoms with Crippen LogP contribution < -0.4 is 4.74 Å². The summed E-state index contributed by atoms with van der Waals surface area (Å²) >= 11 is 0. The number of aliphatic hydroxyl groups excluding tert-OH is 2. The number of pyridine rings is 1. The van der Waals surface area contributed by atoms with Gasteiger partial charge in [0.1, 0.15) is 30.1 Å². The third kappa shape index (κ3) is 4.84. The number of cyclic esters (lactones) is 1. The predicted octanol–water partition coefficient (Wildman–Crippen LogP) is 1.33. The Labute approximate surface area is 192 Å². The first-order valence-corrected chi connectivity index (χ1v) is 11.0. The van der Waals surface area contributed by atoms with Crippen molar-refractivity contribution in [2.45, 2.75) is 25.7 Å². The van der Waals surface area contributed by atoms with Crippen molar-refractivity contribution in [1.82, 2.24) is 14.8 Å². The first-order valence-electron chi connectivity index (χ1n) is 11.0. The lowest BCUT2D eigenvalue weighted by atomic mass is 9.95. The number of carbonyl (C=O) groups excluding carboxylic acids is 1. The topological polar surface area (TPSA) is 119 Å². The van der Waals surface area contributed by atoms with Gasteiger partial charge in [0.05, 0.1) is 24.5 Å². The second kappa shape index (κ2) is 9.85. The van der Waals surface area contributed by atoms with Gasteiger partial charge in [-0.25, -0.2) is 4.79 Å². The van der Waals surface area contributed by atoms with Gasteiger partial charge in [0, 0.05) is 57.1 Å². The lowest BCUT2D eigenvalue weighted by Crippen LogP contribution is -2.48. The minimum Gasteiger partial charge on any atom is -0.495 e. The summed E-state index contributed by atoms with van der Waals surface area (Å²) in [6, 6.07) is 7.18. The Morgan fingerprint density at radius 2 is 1.85 bits per heavy atom. The maximum absolute atomic E-state index is 11.7. The molecule has 0 bridgehead atoms. The summed E-state index contributed by atoms with van der Waals surface area (Å²) in [6.45, 7) is 6.15. The molecular weight excluding hydrogens is 424 g/mol. The number of hydrogen-bond donors (Lipinski definition) is 2. The molecule has 2 N–H and O–H groups in total. The number of nitriles is 1. The van der Waals surface area contributed by atoms with Crippen LogP contribution in [0, 0.1) is 18.3 Å².